The van der Waals surface area contributed by atoms with E-state index in [1.807, 2.05) is 20.0 Å². The zero-order valence-electron chi connectivity index (χ0n) is 19.7. The number of nitrogens with two attached hydrogens (primary N) is 1. The van der Waals surface area contributed by atoms with E-state index in [0.29, 0.717) is 25.0 Å². The predicted molar refractivity (Wildman–Crippen MR) is 121 cm³/mol. The molecule has 1 aromatic carbocycles. The lowest BCUT2D eigenvalue weighted by molar-refractivity contribution is -0.175. The number of likely N-dealkylation sites (tertiary alicyclic amines) is 1. The van der Waals surface area contributed by atoms with E-state index in [4.69, 9.17) is 19.9 Å². The fourth-order valence-corrected chi connectivity index (χ4v) is 6.38. The van der Waals surface area contributed by atoms with Crippen molar-refractivity contribution in [3.63, 3.8) is 0 Å². The number of carbonyl (C=O) groups is 2. The number of rotatable bonds is 6. The second kappa shape index (κ2) is 7.96. The number of phenolic OH excluding ortho intramolecular Hbond substituents is 1. The van der Waals surface area contributed by atoms with Crippen LogP contribution in [0.25, 0.3) is 0 Å². The molecule has 34 heavy (non-hydrogen) atoms. The summed E-state index contributed by atoms with van der Waals surface area (Å²) in [5, 5.41) is 22.7. The molecule has 0 aromatic heterocycles. The van der Waals surface area contributed by atoms with Crippen LogP contribution in [-0.2, 0) is 30.9 Å². The molecule has 4 N–H and O–H groups in total. The third kappa shape index (κ3) is 3.03. The van der Waals surface area contributed by atoms with Crippen LogP contribution in [0, 0.1) is 0 Å². The number of hydrogen-bond donors (Lipinski definition) is 3. The molecule has 4 aliphatic rings. The van der Waals surface area contributed by atoms with E-state index in [2.05, 4.69) is 4.90 Å². The lowest BCUT2D eigenvalue weighted by Gasteiger charge is -2.61. The van der Waals surface area contributed by atoms with Gasteiger partial charge in [0.05, 0.1) is 11.0 Å². The molecule has 2 heterocycles. The van der Waals surface area contributed by atoms with Crippen LogP contribution in [-0.4, -0.2) is 70.5 Å². The van der Waals surface area contributed by atoms with Gasteiger partial charge in [-0.25, -0.2) is 4.79 Å². The summed E-state index contributed by atoms with van der Waals surface area (Å²) in [5.41, 5.74) is 5.65. The number of esters is 2. The van der Waals surface area contributed by atoms with E-state index in [-0.39, 0.29) is 24.0 Å². The summed E-state index contributed by atoms with van der Waals surface area (Å²) in [6.07, 6.45) is 2.43. The Balaban J connectivity index is 1.46. The van der Waals surface area contributed by atoms with Crippen molar-refractivity contribution in [1.29, 1.82) is 0 Å². The van der Waals surface area contributed by atoms with Gasteiger partial charge in [-0.15, -0.1) is 0 Å². The van der Waals surface area contributed by atoms with Gasteiger partial charge in [-0.1, -0.05) is 19.4 Å². The van der Waals surface area contributed by atoms with Gasteiger partial charge in [-0.2, -0.15) is 0 Å². The van der Waals surface area contributed by atoms with Gasteiger partial charge >= 0.3 is 11.9 Å². The Morgan fingerprint density at radius 2 is 2.12 bits per heavy atom. The number of aliphatic hydroxyl groups is 1. The summed E-state index contributed by atoms with van der Waals surface area (Å²) in [6, 6.07) is 2.57. The Morgan fingerprint density at radius 1 is 1.35 bits per heavy atom. The first kappa shape index (κ1) is 23.1. The van der Waals surface area contributed by atoms with E-state index >= 15 is 0 Å². The van der Waals surface area contributed by atoms with E-state index < -0.39 is 41.2 Å². The third-order valence-corrected chi connectivity index (χ3v) is 8.10. The molecule has 6 atom stereocenters. The molecule has 1 saturated heterocycles. The largest absolute Gasteiger partial charge is 0.504 e. The van der Waals surface area contributed by atoms with Crippen molar-refractivity contribution in [1.82, 2.24) is 4.90 Å². The normalized spacial score (nSPS) is 32.7. The Kier molecular flexibility index (Phi) is 5.42. The number of carbonyl (C=O) groups excluding carboxylic acids is 2. The SMILES string of the molecule is CCC[C@H](N)C(=O)O[C@@H](C)C(=O)OC1=CC[C@@]2(O)[C@H]3Cc4ccc(O)c5c4C2(CCN3C)C1O5. The highest BCUT2D eigenvalue weighted by Crippen LogP contribution is 2.65. The number of nitrogens with zero attached hydrogens (tertiary/aromatic N) is 1. The molecule has 2 unspecified atom stereocenters. The average molecular weight is 473 g/mol. The second-order valence-corrected chi connectivity index (χ2v) is 10.00. The number of likely N-dealkylation sites (N-methyl/N-ethyl adjacent to an activating group) is 1. The number of hydrogen-bond acceptors (Lipinski definition) is 9. The molecule has 2 bridgehead atoms. The Labute approximate surface area is 198 Å². The zero-order chi connectivity index (χ0) is 24.4. The van der Waals surface area contributed by atoms with Gasteiger partial charge in [0.15, 0.2) is 23.7 Å². The van der Waals surface area contributed by atoms with E-state index in [1.54, 1.807) is 12.1 Å². The maximum Gasteiger partial charge on any atom is 0.352 e. The molecule has 0 saturated carbocycles. The predicted octanol–water partition coefficient (Wildman–Crippen LogP) is 1.27. The summed E-state index contributed by atoms with van der Waals surface area (Å²) in [4.78, 5) is 27.2. The Bertz CT molecular complexity index is 1070. The van der Waals surface area contributed by atoms with Gasteiger partial charge < -0.3 is 35.1 Å². The van der Waals surface area contributed by atoms with Crippen LogP contribution in [0.3, 0.4) is 0 Å². The standard InChI is InChI=1S/C25H32N2O7/c1-4-5-15(26)23(30)32-13(2)22(29)33-17-8-9-25(31)18-12-14-6-7-16(28)20-19(14)24(25,21(17)34-20)10-11-27(18)3/h6-8,13,15,18,21,28,31H,4-5,9-12,26H2,1-3H3/t13-,15-,18+,21?,24?,25+/m0/s1. The van der Waals surface area contributed by atoms with Crippen molar-refractivity contribution in [3.05, 3.63) is 35.1 Å². The van der Waals surface area contributed by atoms with Crippen LogP contribution < -0.4 is 10.5 Å². The fourth-order valence-electron chi connectivity index (χ4n) is 6.38. The maximum atomic E-state index is 12.9. The lowest BCUT2D eigenvalue weighted by atomic mass is 9.50. The molecule has 0 amide bonds. The molecule has 1 aromatic rings. The van der Waals surface area contributed by atoms with Crippen molar-refractivity contribution >= 4 is 11.9 Å². The second-order valence-electron chi connectivity index (χ2n) is 10.00. The summed E-state index contributed by atoms with van der Waals surface area (Å²) in [7, 11) is 2.01. The molecule has 0 radical (unpaired) electrons. The van der Waals surface area contributed by atoms with Gasteiger partial charge in [0, 0.05) is 18.0 Å². The maximum absolute atomic E-state index is 12.9. The molecular weight excluding hydrogens is 440 g/mol. The van der Waals surface area contributed by atoms with Crippen molar-refractivity contribution in [2.75, 3.05) is 13.6 Å². The molecule has 9 nitrogen and oxygen atoms in total. The molecule has 1 fully saturated rings. The first-order valence-electron chi connectivity index (χ1n) is 12.0. The van der Waals surface area contributed by atoms with Crippen LogP contribution in [0.4, 0.5) is 0 Å². The lowest BCUT2D eigenvalue weighted by Crippen LogP contribution is -2.74. The average Bonchev–Trinajstić information content (AvgIpc) is 3.15. The van der Waals surface area contributed by atoms with E-state index in [0.717, 1.165) is 24.1 Å². The van der Waals surface area contributed by atoms with E-state index in [1.165, 1.54) is 6.92 Å². The minimum Gasteiger partial charge on any atom is -0.504 e. The quantitative estimate of drug-likeness (QED) is 0.524. The zero-order valence-corrected chi connectivity index (χ0v) is 19.7. The smallest absolute Gasteiger partial charge is 0.352 e. The van der Waals surface area contributed by atoms with Crippen LogP contribution in [0.15, 0.2) is 24.0 Å². The Morgan fingerprint density at radius 3 is 2.85 bits per heavy atom. The van der Waals surface area contributed by atoms with Gasteiger partial charge in [0.25, 0.3) is 0 Å². The molecule has 9 heteroatoms. The summed E-state index contributed by atoms with van der Waals surface area (Å²) in [6.45, 7) is 4.08. The van der Waals surface area contributed by atoms with Gasteiger partial charge in [0.1, 0.15) is 11.8 Å². The molecule has 1 spiro atoms. The monoisotopic (exact) mass is 472 g/mol. The highest BCUT2D eigenvalue weighted by atomic mass is 16.6. The number of ether oxygens (including phenoxy) is 3. The van der Waals surface area contributed by atoms with Crippen LogP contribution >= 0.6 is 0 Å². The number of aromatic hydroxyl groups is 1. The number of phenols is 1. The van der Waals surface area contributed by atoms with Crippen LogP contribution in [0.2, 0.25) is 0 Å². The fraction of sp³-hybridized carbons (Fsp3) is 0.600. The highest BCUT2D eigenvalue weighted by molar-refractivity contribution is 5.82. The minimum absolute atomic E-state index is 0.000129. The van der Waals surface area contributed by atoms with Gasteiger partial charge in [-0.05, 0) is 57.5 Å². The highest BCUT2D eigenvalue weighted by Gasteiger charge is 2.72. The topological polar surface area (TPSA) is 132 Å². The van der Waals surface area contributed by atoms with Crippen LogP contribution in [0.1, 0.15) is 50.7 Å². The first-order chi connectivity index (χ1) is 16.1. The van der Waals surface area contributed by atoms with E-state index in [9.17, 15) is 19.8 Å². The summed E-state index contributed by atoms with van der Waals surface area (Å²) in [5.74, 6) is -0.782. The van der Waals surface area contributed by atoms with Gasteiger partial charge in [-0.3, -0.25) is 4.79 Å². The number of piperidine rings is 1. The van der Waals surface area contributed by atoms with Gasteiger partial charge in [0.2, 0.25) is 0 Å². The molecule has 5 rings (SSSR count). The Hall–Kier alpha value is -2.62. The molecular formula is C25H32N2O7. The van der Waals surface area contributed by atoms with Crippen molar-refractivity contribution in [3.8, 4) is 11.5 Å². The first-order valence-corrected chi connectivity index (χ1v) is 12.0. The summed E-state index contributed by atoms with van der Waals surface area (Å²) >= 11 is 0. The number of benzene rings is 1. The van der Waals surface area contributed by atoms with Crippen molar-refractivity contribution in [2.45, 2.75) is 81.3 Å². The molecule has 2 aliphatic carbocycles. The minimum atomic E-state index is -1.15. The van der Waals surface area contributed by atoms with Crippen LogP contribution in [0.5, 0.6) is 11.5 Å². The third-order valence-electron chi connectivity index (χ3n) is 8.10. The molecule has 2 aliphatic heterocycles. The summed E-state index contributed by atoms with van der Waals surface area (Å²) < 4.78 is 17.2. The molecule has 184 valence electrons. The van der Waals surface area contributed by atoms with Crippen molar-refractivity contribution in [2.24, 2.45) is 5.73 Å². The van der Waals surface area contributed by atoms with Crippen molar-refractivity contribution < 1.29 is 34.0 Å².